The molecule has 2 N–H and O–H groups in total. The molecule has 0 aliphatic heterocycles. The number of aromatic carboxylic acids is 1. The molecule has 3 rings (SSSR count). The number of methoxy groups -OCH3 is 1. The first-order valence-corrected chi connectivity index (χ1v) is 12.0. The van der Waals surface area contributed by atoms with E-state index in [1.54, 1.807) is 36.4 Å². The van der Waals surface area contributed by atoms with Gasteiger partial charge in [0, 0.05) is 17.1 Å². The maximum Gasteiger partial charge on any atom is 1.00 e. The Hall–Kier alpha value is -1.91. The van der Waals surface area contributed by atoms with Gasteiger partial charge in [-0.2, -0.15) is 0 Å². The molecular formula is C24H23ClNNaO6S. The van der Waals surface area contributed by atoms with Gasteiger partial charge in [-0.3, -0.25) is 0 Å². The van der Waals surface area contributed by atoms with E-state index in [-0.39, 0.29) is 50.7 Å². The molecule has 0 aliphatic rings. The summed E-state index contributed by atoms with van der Waals surface area (Å²) in [5.41, 5.74) is 1.30. The zero-order valence-corrected chi connectivity index (χ0v) is 22.4. The van der Waals surface area contributed by atoms with Crippen LogP contribution in [0.4, 0.5) is 0 Å². The van der Waals surface area contributed by atoms with Crippen LogP contribution >= 0.6 is 11.6 Å². The second-order valence-corrected chi connectivity index (χ2v) is 9.71. The Morgan fingerprint density at radius 1 is 1.09 bits per heavy atom. The Balaban J connectivity index is 0.00000408. The number of aliphatic hydroxyl groups excluding tert-OH is 1. The van der Waals surface area contributed by atoms with E-state index >= 15 is 0 Å². The van der Waals surface area contributed by atoms with Crippen LogP contribution in [0.25, 0.3) is 0 Å². The van der Waals surface area contributed by atoms with Crippen LogP contribution < -0.4 is 44.7 Å². The van der Waals surface area contributed by atoms with Gasteiger partial charge in [0.15, 0.2) is 0 Å². The van der Waals surface area contributed by atoms with Crippen molar-refractivity contribution in [1.29, 1.82) is 0 Å². The van der Waals surface area contributed by atoms with Crippen LogP contribution in [0, 0.1) is 0 Å². The monoisotopic (exact) mass is 511 g/mol. The largest absolute Gasteiger partial charge is 1.00 e. The average Bonchev–Trinajstić information content (AvgIpc) is 2.81. The topological polar surface area (TPSA) is 116 Å². The molecule has 0 saturated heterocycles. The third kappa shape index (κ3) is 7.05. The fraction of sp³-hybridized carbons (Fsp3) is 0.208. The van der Waals surface area contributed by atoms with Crippen molar-refractivity contribution in [2.24, 2.45) is 0 Å². The van der Waals surface area contributed by atoms with Crippen molar-refractivity contribution >= 4 is 27.4 Å². The van der Waals surface area contributed by atoms with Crippen LogP contribution in [0.3, 0.4) is 0 Å². The van der Waals surface area contributed by atoms with Gasteiger partial charge in [0.25, 0.3) is 0 Å². The fourth-order valence-electron chi connectivity index (χ4n) is 3.29. The Bertz CT molecular complexity index is 1230. The van der Waals surface area contributed by atoms with Crippen molar-refractivity contribution < 1.29 is 57.7 Å². The zero-order chi connectivity index (χ0) is 24.0. The van der Waals surface area contributed by atoms with Crippen LogP contribution in [0.5, 0.6) is 5.75 Å². The van der Waals surface area contributed by atoms with Crippen molar-refractivity contribution in [2.75, 3.05) is 20.2 Å². The van der Waals surface area contributed by atoms with Gasteiger partial charge in [-0.25, -0.2) is 8.42 Å². The van der Waals surface area contributed by atoms with E-state index in [0.29, 0.717) is 24.5 Å². The smallest absolute Gasteiger partial charge is 0.545 e. The van der Waals surface area contributed by atoms with E-state index < -0.39 is 21.9 Å². The molecule has 0 unspecified atom stereocenters. The van der Waals surface area contributed by atoms with Crippen molar-refractivity contribution in [2.45, 2.75) is 22.3 Å². The van der Waals surface area contributed by atoms with Crippen LogP contribution in [0.1, 0.15) is 27.6 Å². The van der Waals surface area contributed by atoms with Crippen molar-refractivity contribution in [3.8, 4) is 5.75 Å². The number of hydrogen-bond acceptors (Lipinski definition) is 7. The van der Waals surface area contributed by atoms with Crippen molar-refractivity contribution in [1.82, 2.24) is 5.32 Å². The van der Waals surface area contributed by atoms with E-state index in [2.05, 4.69) is 5.32 Å². The fourth-order valence-corrected chi connectivity index (χ4v) is 4.77. The number of ether oxygens (including phenoxy) is 1. The third-order valence-corrected chi connectivity index (χ3v) is 7.10. The Labute approximate surface area is 225 Å². The molecule has 0 spiro atoms. The van der Waals surface area contributed by atoms with E-state index in [1.165, 1.54) is 31.4 Å². The second-order valence-electron chi connectivity index (χ2n) is 7.32. The van der Waals surface area contributed by atoms with Gasteiger partial charge in [0.05, 0.1) is 29.0 Å². The standard InChI is InChI=1S/C24H24ClNO6S.Na/c1-32-23-10-9-20(14-21(23)24(28)29)33(30,31)19-7-5-16(6-8-19)11-12-26-15-22(27)17-3-2-4-18(25)13-17;/h2-10,13-14,22,26-27H,11-12,15H2,1H3,(H,28,29);/q;+1/p-1/t22-;/m0./s1. The molecule has 174 valence electrons. The quantitative estimate of drug-likeness (QED) is 0.276. The zero-order valence-electron chi connectivity index (χ0n) is 18.8. The summed E-state index contributed by atoms with van der Waals surface area (Å²) < 4.78 is 30.8. The summed E-state index contributed by atoms with van der Waals surface area (Å²) in [6, 6.07) is 17.0. The molecule has 10 heteroatoms. The number of carboxylic acid groups (broad SMARTS) is 1. The molecule has 0 radical (unpaired) electrons. The SMILES string of the molecule is COc1ccc(S(=O)(=O)c2ccc(CCNC[C@H](O)c3cccc(Cl)c3)cc2)cc1C(=O)[O-].[Na+]. The minimum absolute atomic E-state index is 0. The number of rotatable bonds is 10. The summed E-state index contributed by atoms with van der Waals surface area (Å²) >= 11 is 5.94. The summed E-state index contributed by atoms with van der Waals surface area (Å²) in [6.45, 7) is 0.933. The maximum absolute atomic E-state index is 12.9. The molecule has 0 saturated carbocycles. The number of aliphatic hydroxyl groups is 1. The van der Waals surface area contributed by atoms with Crippen molar-refractivity contribution in [3.63, 3.8) is 0 Å². The van der Waals surface area contributed by atoms with Gasteiger partial charge in [-0.15, -0.1) is 0 Å². The van der Waals surface area contributed by atoms with Crippen LogP contribution in [-0.4, -0.2) is 39.7 Å². The number of sulfone groups is 1. The van der Waals surface area contributed by atoms with E-state index in [9.17, 15) is 23.4 Å². The van der Waals surface area contributed by atoms with E-state index in [0.717, 1.165) is 17.2 Å². The summed E-state index contributed by atoms with van der Waals surface area (Å²) in [6.07, 6.45) is -0.0634. The first-order chi connectivity index (χ1) is 15.7. The predicted octanol–water partition coefficient (Wildman–Crippen LogP) is -0.585. The molecule has 0 fully saturated rings. The number of carbonyl (C=O) groups excluding carboxylic acids is 1. The number of halogens is 1. The van der Waals surface area contributed by atoms with Gasteiger partial charge < -0.3 is 25.1 Å². The summed E-state index contributed by atoms with van der Waals surface area (Å²) in [5, 5.41) is 25.2. The van der Waals surface area contributed by atoms with Crippen molar-refractivity contribution in [3.05, 3.63) is 88.4 Å². The molecule has 0 bridgehead atoms. The molecule has 0 aromatic heterocycles. The van der Waals surface area contributed by atoms with Gasteiger partial charge >= 0.3 is 29.6 Å². The molecule has 0 aliphatic carbocycles. The van der Waals surface area contributed by atoms with Crippen LogP contribution in [-0.2, 0) is 16.3 Å². The second kappa shape index (κ2) is 12.7. The number of hydrogen-bond donors (Lipinski definition) is 2. The molecule has 7 nitrogen and oxygen atoms in total. The molecule has 0 amide bonds. The van der Waals surface area contributed by atoms with Gasteiger partial charge in [-0.05, 0) is 66.6 Å². The van der Waals surface area contributed by atoms with Gasteiger partial charge in [0.2, 0.25) is 9.84 Å². The molecule has 1 atom stereocenters. The summed E-state index contributed by atoms with van der Waals surface area (Å²) in [4.78, 5) is 11.2. The molecule has 0 heterocycles. The summed E-state index contributed by atoms with van der Waals surface area (Å²) in [5.74, 6) is -1.50. The maximum atomic E-state index is 12.9. The number of carboxylic acids is 1. The molecule has 3 aromatic carbocycles. The van der Waals surface area contributed by atoms with E-state index in [4.69, 9.17) is 16.3 Å². The minimum atomic E-state index is -3.91. The van der Waals surface area contributed by atoms with Gasteiger partial charge in [0.1, 0.15) is 5.75 Å². The van der Waals surface area contributed by atoms with E-state index in [1.807, 2.05) is 0 Å². The Morgan fingerprint density at radius 3 is 2.38 bits per heavy atom. The third-order valence-electron chi connectivity index (χ3n) is 5.10. The molecular weight excluding hydrogens is 489 g/mol. The summed E-state index contributed by atoms with van der Waals surface area (Å²) in [7, 11) is -2.62. The minimum Gasteiger partial charge on any atom is -0.545 e. The average molecular weight is 512 g/mol. The first-order valence-electron chi connectivity index (χ1n) is 10.1. The first kappa shape index (κ1) is 28.3. The number of benzene rings is 3. The Kier molecular flexibility index (Phi) is 10.6. The van der Waals surface area contributed by atoms with Crippen LogP contribution in [0.2, 0.25) is 5.02 Å². The predicted molar refractivity (Wildman–Crippen MR) is 122 cm³/mol. The number of carbonyl (C=O) groups is 1. The number of nitrogens with one attached hydrogen (secondary N) is 1. The van der Waals surface area contributed by atoms with Gasteiger partial charge in [-0.1, -0.05) is 35.9 Å². The van der Waals surface area contributed by atoms with Crippen LogP contribution in [0.15, 0.2) is 76.5 Å². The Morgan fingerprint density at radius 2 is 1.76 bits per heavy atom. The molecule has 34 heavy (non-hydrogen) atoms. The molecule has 3 aromatic rings. The normalized spacial score (nSPS) is 12.0.